The number of imidazole rings is 1. The maximum Gasteiger partial charge on any atom is 0.275 e. The zero-order valence-corrected chi connectivity index (χ0v) is 24.8. The van der Waals surface area contributed by atoms with Gasteiger partial charge in [0, 0.05) is 59.9 Å². The minimum atomic E-state index is -0.292. The summed E-state index contributed by atoms with van der Waals surface area (Å²) < 4.78 is 4.35. The van der Waals surface area contributed by atoms with Crippen molar-refractivity contribution < 1.29 is 4.58 Å². The van der Waals surface area contributed by atoms with Crippen LogP contribution in [0.1, 0.15) is 11.5 Å². The van der Waals surface area contributed by atoms with E-state index >= 15 is 0 Å². The number of anilines is 2. The molecule has 1 aromatic heterocycles. The third kappa shape index (κ3) is 4.51. The molecule has 8 heteroatoms. The minimum absolute atomic E-state index is 0.292. The Hall–Kier alpha value is -6.41. The molecule has 0 saturated heterocycles. The van der Waals surface area contributed by atoms with Gasteiger partial charge in [-0.15, -0.1) is 0 Å². The second-order valence-electron chi connectivity index (χ2n) is 11.3. The summed E-state index contributed by atoms with van der Waals surface area (Å²) in [5, 5.41) is 7.38. The average Bonchev–Trinajstić information content (AvgIpc) is 3.92. The molecule has 46 heavy (non-hydrogen) atoms. The van der Waals surface area contributed by atoms with Crippen molar-refractivity contribution in [2.75, 3.05) is 9.80 Å². The molecule has 1 atom stereocenters. The maximum absolute atomic E-state index is 5.28. The largest absolute Gasteiger partial charge is 0.338 e. The average molecular weight is 598 g/mol. The van der Waals surface area contributed by atoms with Gasteiger partial charge in [-0.3, -0.25) is 4.57 Å². The van der Waals surface area contributed by atoms with Crippen molar-refractivity contribution in [3.63, 3.8) is 0 Å². The molecule has 0 amide bonds. The molecule has 4 aliphatic rings. The lowest BCUT2D eigenvalue weighted by Gasteiger charge is -2.18. The topological polar surface area (TPSA) is 63.7 Å². The Balaban J connectivity index is 1.27. The van der Waals surface area contributed by atoms with Crippen LogP contribution in [0.3, 0.4) is 0 Å². The molecular weight excluding hydrogens is 568 g/mol. The number of fused-ring (bicyclic) bond motifs is 9. The number of aliphatic imine (C=N–C) groups is 1. The highest BCUT2D eigenvalue weighted by molar-refractivity contribution is 6.37. The zero-order chi connectivity index (χ0) is 30.5. The Bertz CT molecular complexity index is 2140. The van der Waals surface area contributed by atoms with E-state index in [4.69, 9.17) is 9.98 Å². The summed E-state index contributed by atoms with van der Waals surface area (Å²) in [5.41, 5.74) is 7.67. The molecule has 5 aromatic rings. The van der Waals surface area contributed by atoms with E-state index in [1.54, 1.807) is 0 Å². The van der Waals surface area contributed by atoms with Crippen LogP contribution in [0.5, 0.6) is 0 Å². The molecule has 1 unspecified atom stereocenters. The Morgan fingerprint density at radius 3 is 1.85 bits per heavy atom. The highest BCUT2D eigenvalue weighted by Crippen LogP contribution is 2.33. The van der Waals surface area contributed by atoms with Gasteiger partial charge >= 0.3 is 0 Å². The number of para-hydroxylation sites is 4. The molecule has 4 aromatic carbocycles. The fourth-order valence-corrected chi connectivity index (χ4v) is 6.17. The first-order valence-corrected chi connectivity index (χ1v) is 15.3. The molecule has 0 fully saturated rings. The number of hydrogen-bond acceptors (Lipinski definition) is 6. The van der Waals surface area contributed by atoms with E-state index in [1.807, 2.05) is 36.4 Å². The number of nitrogens with one attached hydrogen (secondary N) is 2. The highest BCUT2D eigenvalue weighted by Gasteiger charge is 2.35. The van der Waals surface area contributed by atoms with E-state index in [2.05, 4.69) is 151 Å². The van der Waals surface area contributed by atoms with E-state index < -0.39 is 0 Å². The van der Waals surface area contributed by atoms with Crippen LogP contribution in [0.25, 0.3) is 17.5 Å². The van der Waals surface area contributed by atoms with Gasteiger partial charge in [-0.2, -0.15) is 4.58 Å². The fraction of sp³-hybridized carbons (Fsp3) is 0.0263. The third-order valence-corrected chi connectivity index (χ3v) is 8.39. The second-order valence-corrected chi connectivity index (χ2v) is 11.3. The van der Waals surface area contributed by atoms with Gasteiger partial charge in [0.2, 0.25) is 5.69 Å². The summed E-state index contributed by atoms with van der Waals surface area (Å²) >= 11 is 0. The van der Waals surface area contributed by atoms with Crippen LogP contribution in [0, 0.1) is 0 Å². The zero-order valence-electron chi connectivity index (χ0n) is 24.8. The number of rotatable bonds is 4. The van der Waals surface area contributed by atoms with Gasteiger partial charge in [-0.1, -0.05) is 72.8 Å². The summed E-state index contributed by atoms with van der Waals surface area (Å²) in [6.45, 7) is 0. The molecular formula is C38H29N8+. The molecule has 2 N–H and O–H groups in total. The van der Waals surface area contributed by atoms with Crippen molar-refractivity contribution >= 4 is 40.8 Å². The molecule has 8 bridgehead atoms. The van der Waals surface area contributed by atoms with Gasteiger partial charge in [0.05, 0.1) is 11.4 Å². The van der Waals surface area contributed by atoms with E-state index in [9.17, 15) is 0 Å². The molecule has 5 heterocycles. The van der Waals surface area contributed by atoms with Crippen molar-refractivity contribution in [3.05, 3.63) is 175 Å². The number of allylic oxidation sites excluding steroid dienone is 1. The lowest BCUT2D eigenvalue weighted by Crippen LogP contribution is -2.23. The number of benzene rings is 4. The maximum atomic E-state index is 5.28. The van der Waals surface area contributed by atoms with Gasteiger partial charge in [0.1, 0.15) is 23.2 Å². The summed E-state index contributed by atoms with van der Waals surface area (Å²) in [4.78, 5) is 14.8. The normalized spacial score (nSPS) is 20.2. The summed E-state index contributed by atoms with van der Waals surface area (Å²) in [5.74, 6) is 2.59. The Kier molecular flexibility index (Phi) is 6.02. The SMILES string of the molecule is C1=C2N/C(=C\c3nc(cn3-c3ccccc3)C3=CN(c4ccccc4)/C(=C/C4N=C2C=[N+]4c2ccccc2)N3)N1c1ccccc1. The lowest BCUT2D eigenvalue weighted by atomic mass is 10.2. The highest BCUT2D eigenvalue weighted by atomic mass is 15.3. The molecule has 4 aliphatic heterocycles. The van der Waals surface area contributed by atoms with Crippen molar-refractivity contribution in [2.24, 2.45) is 4.99 Å². The van der Waals surface area contributed by atoms with Crippen LogP contribution in [0.4, 0.5) is 17.1 Å². The van der Waals surface area contributed by atoms with Crippen molar-refractivity contribution in [1.82, 2.24) is 20.2 Å². The quantitative estimate of drug-likeness (QED) is 0.229. The summed E-state index contributed by atoms with van der Waals surface area (Å²) in [6.07, 6.45) is 12.4. The number of aromatic nitrogens is 2. The first kappa shape index (κ1) is 26.0. The summed E-state index contributed by atoms with van der Waals surface area (Å²) in [7, 11) is 0. The monoisotopic (exact) mass is 597 g/mol. The Labute approximate surface area is 266 Å². The standard InChI is InChI=1S/C38H29N8/c1-5-13-27(14-6-1)43-23-31-32-24-45(29-17-9-3-10-18-29)37(40-32)22-38-42-34(26-46(38)30-19-11-4-12-20-30)33-25-44(28-15-7-2-8-16-28)36(41-33)21-35(43)39-31/h1-26,35,40-41H/q+1/b36-21+,37-22+. The van der Waals surface area contributed by atoms with E-state index in [0.717, 1.165) is 63.0 Å². The van der Waals surface area contributed by atoms with Crippen molar-refractivity contribution in [2.45, 2.75) is 6.17 Å². The lowest BCUT2D eigenvalue weighted by molar-refractivity contribution is -0.459. The van der Waals surface area contributed by atoms with Gasteiger partial charge in [-0.25, -0.2) is 9.98 Å². The Morgan fingerprint density at radius 2 is 1.17 bits per heavy atom. The predicted octanol–water partition coefficient (Wildman–Crippen LogP) is 6.58. The summed E-state index contributed by atoms with van der Waals surface area (Å²) in [6, 6.07) is 41.4. The van der Waals surface area contributed by atoms with Gasteiger partial charge in [-0.05, 0) is 36.4 Å². The van der Waals surface area contributed by atoms with Crippen LogP contribution in [-0.2, 0) is 0 Å². The van der Waals surface area contributed by atoms with Crippen LogP contribution < -0.4 is 20.4 Å². The third-order valence-electron chi connectivity index (χ3n) is 8.39. The number of hydrogen-bond donors (Lipinski definition) is 2. The number of nitrogens with zero attached hydrogens (tertiary/aromatic N) is 6. The molecule has 0 spiro atoms. The van der Waals surface area contributed by atoms with Gasteiger partial charge in [0.15, 0.2) is 11.9 Å². The molecule has 220 valence electrons. The van der Waals surface area contributed by atoms with E-state index in [-0.39, 0.29) is 6.17 Å². The first-order chi connectivity index (χ1) is 22.8. The van der Waals surface area contributed by atoms with Crippen LogP contribution >= 0.6 is 0 Å². The predicted molar refractivity (Wildman–Crippen MR) is 183 cm³/mol. The van der Waals surface area contributed by atoms with Gasteiger partial charge < -0.3 is 20.4 Å². The Morgan fingerprint density at radius 1 is 0.609 bits per heavy atom. The first-order valence-electron chi connectivity index (χ1n) is 15.3. The van der Waals surface area contributed by atoms with Crippen LogP contribution in [0.2, 0.25) is 0 Å². The van der Waals surface area contributed by atoms with E-state index in [1.165, 1.54) is 0 Å². The molecule has 8 nitrogen and oxygen atoms in total. The molecule has 0 saturated carbocycles. The van der Waals surface area contributed by atoms with Crippen LogP contribution in [0.15, 0.2) is 168 Å². The molecule has 9 rings (SSSR count). The van der Waals surface area contributed by atoms with E-state index in [0.29, 0.717) is 0 Å². The second kappa shape index (κ2) is 10.6. The van der Waals surface area contributed by atoms with Crippen LogP contribution in [-0.4, -0.2) is 32.2 Å². The molecule has 0 radical (unpaired) electrons. The van der Waals surface area contributed by atoms with Crippen molar-refractivity contribution in [1.29, 1.82) is 0 Å². The minimum Gasteiger partial charge on any atom is -0.338 e. The van der Waals surface area contributed by atoms with Gasteiger partial charge in [0.25, 0.3) is 6.17 Å². The smallest absolute Gasteiger partial charge is 0.275 e. The fourth-order valence-electron chi connectivity index (χ4n) is 6.17. The van der Waals surface area contributed by atoms with Crippen molar-refractivity contribution in [3.8, 4) is 5.69 Å². The molecule has 0 aliphatic carbocycles.